The number of nitrogens with one attached hydrogen (secondary N) is 1. The van der Waals surface area contributed by atoms with Crippen molar-refractivity contribution >= 4 is 29.6 Å². The number of likely N-dealkylation sites (tertiary alicyclic amines) is 1. The lowest BCUT2D eigenvalue weighted by Gasteiger charge is -2.14. The summed E-state index contributed by atoms with van der Waals surface area (Å²) in [6.07, 6.45) is 4.23. The summed E-state index contributed by atoms with van der Waals surface area (Å²) in [5, 5.41) is 1.26. The summed E-state index contributed by atoms with van der Waals surface area (Å²) in [4.78, 5) is 20.9. The van der Waals surface area contributed by atoms with E-state index in [2.05, 4.69) is 22.6 Å². The fourth-order valence-corrected chi connectivity index (χ4v) is 2.61. The van der Waals surface area contributed by atoms with Gasteiger partial charge in [-0.05, 0) is 17.7 Å². The molecule has 3 rings (SSSR count). The van der Waals surface area contributed by atoms with E-state index in [1.807, 2.05) is 23.2 Å². The number of nitrogens with zero attached hydrogens (tertiary/aromatic N) is 2. The molecule has 17 heavy (non-hydrogen) atoms. The number of aromatic nitrogens is 2. The third kappa shape index (κ3) is 1.91. The Morgan fingerprint density at radius 1 is 1.59 bits per heavy atom. The molecule has 1 aliphatic rings. The number of fused-ring (bicyclic) bond motifs is 1. The van der Waals surface area contributed by atoms with Gasteiger partial charge in [-0.15, -0.1) is 0 Å². The van der Waals surface area contributed by atoms with E-state index in [9.17, 15) is 4.79 Å². The van der Waals surface area contributed by atoms with Crippen molar-refractivity contribution in [1.82, 2.24) is 14.9 Å². The van der Waals surface area contributed by atoms with Gasteiger partial charge in [-0.2, -0.15) is 12.6 Å². The quantitative estimate of drug-likeness (QED) is 0.792. The number of carbonyl (C=O) groups excluding carboxylic acids is 1. The first-order valence-corrected chi connectivity index (χ1v) is 6.12. The lowest BCUT2D eigenvalue weighted by molar-refractivity contribution is -0.128. The highest BCUT2D eigenvalue weighted by Gasteiger charge is 2.27. The predicted octanol–water partition coefficient (Wildman–Crippen LogP) is 1.59. The lowest BCUT2D eigenvalue weighted by Crippen LogP contribution is -2.24. The number of thiol groups is 1. The summed E-state index contributed by atoms with van der Waals surface area (Å²) in [6, 6.07) is 3.93. The molecule has 1 saturated heterocycles. The Labute approximate surface area is 104 Å². The van der Waals surface area contributed by atoms with Crippen LogP contribution in [0.25, 0.3) is 11.0 Å². The van der Waals surface area contributed by atoms with Gasteiger partial charge < -0.3 is 9.88 Å². The largest absolute Gasteiger partial charge is 0.346 e. The molecule has 0 aromatic carbocycles. The van der Waals surface area contributed by atoms with Gasteiger partial charge in [0.15, 0.2) is 0 Å². The maximum atomic E-state index is 11.7. The first kappa shape index (κ1) is 10.7. The number of hydrogen-bond donors (Lipinski definition) is 2. The van der Waals surface area contributed by atoms with E-state index in [1.165, 1.54) is 0 Å². The van der Waals surface area contributed by atoms with E-state index in [4.69, 9.17) is 0 Å². The van der Waals surface area contributed by atoms with Crippen molar-refractivity contribution in [3.8, 4) is 0 Å². The molecular weight excluding hydrogens is 234 g/mol. The summed E-state index contributed by atoms with van der Waals surface area (Å²) in [5.41, 5.74) is 1.99. The summed E-state index contributed by atoms with van der Waals surface area (Å²) >= 11 is 4.35. The van der Waals surface area contributed by atoms with Crippen LogP contribution in [0, 0.1) is 0 Å². The van der Waals surface area contributed by atoms with E-state index < -0.39 is 0 Å². The predicted molar refractivity (Wildman–Crippen MR) is 68.9 cm³/mol. The Balaban J connectivity index is 1.88. The average molecular weight is 247 g/mol. The maximum Gasteiger partial charge on any atom is 0.224 e. The summed E-state index contributed by atoms with van der Waals surface area (Å²) in [6.45, 7) is 1.37. The zero-order valence-corrected chi connectivity index (χ0v) is 10.2. The molecule has 2 aromatic rings. The van der Waals surface area contributed by atoms with Crippen LogP contribution in [0.1, 0.15) is 12.0 Å². The number of carbonyl (C=O) groups is 1. The fourth-order valence-electron chi connectivity index (χ4n) is 2.25. The minimum Gasteiger partial charge on any atom is -0.346 e. The zero-order valence-electron chi connectivity index (χ0n) is 9.26. The minimum atomic E-state index is 0.172. The highest BCUT2D eigenvalue weighted by Crippen LogP contribution is 2.22. The van der Waals surface area contributed by atoms with Gasteiger partial charge >= 0.3 is 0 Å². The van der Waals surface area contributed by atoms with Crippen molar-refractivity contribution < 1.29 is 4.79 Å². The van der Waals surface area contributed by atoms with Crippen LogP contribution in [-0.4, -0.2) is 32.6 Å². The fraction of sp³-hybridized carbons (Fsp3) is 0.333. The monoisotopic (exact) mass is 247 g/mol. The molecule has 1 N–H and O–H groups in total. The van der Waals surface area contributed by atoms with Gasteiger partial charge in [0.1, 0.15) is 5.65 Å². The third-order valence-corrected chi connectivity index (χ3v) is 3.44. The van der Waals surface area contributed by atoms with Crippen molar-refractivity contribution in [3.63, 3.8) is 0 Å². The maximum absolute atomic E-state index is 11.7. The average Bonchev–Trinajstić information content (AvgIpc) is 2.85. The Morgan fingerprint density at radius 2 is 2.47 bits per heavy atom. The molecular formula is C12H13N3OS. The Hall–Kier alpha value is -1.49. The normalized spacial score (nSPS) is 20.4. The number of amides is 1. The first-order valence-electron chi connectivity index (χ1n) is 5.61. The standard InChI is InChI=1S/C12H13N3OS/c16-11-4-9(17)7-15(11)6-8-5-14-12-10(8)2-1-3-13-12/h1-3,5,9,17H,4,6-7H2,(H,13,14). The number of rotatable bonds is 2. The van der Waals surface area contributed by atoms with Gasteiger partial charge in [0.25, 0.3) is 0 Å². The van der Waals surface area contributed by atoms with Gasteiger partial charge in [-0.1, -0.05) is 0 Å². The molecule has 0 bridgehead atoms. The van der Waals surface area contributed by atoms with Crippen LogP contribution in [-0.2, 0) is 11.3 Å². The van der Waals surface area contributed by atoms with Crippen LogP contribution in [0.5, 0.6) is 0 Å². The van der Waals surface area contributed by atoms with E-state index in [0.29, 0.717) is 13.0 Å². The topological polar surface area (TPSA) is 49.0 Å². The zero-order chi connectivity index (χ0) is 11.8. The number of H-pyrrole nitrogens is 1. The van der Waals surface area contributed by atoms with E-state index >= 15 is 0 Å². The lowest BCUT2D eigenvalue weighted by atomic mass is 10.2. The Kier molecular flexibility index (Phi) is 2.55. The van der Waals surface area contributed by atoms with Crippen molar-refractivity contribution in [3.05, 3.63) is 30.1 Å². The SMILES string of the molecule is O=C1CC(S)CN1Cc1c[nH]c2ncccc12. The molecule has 0 radical (unpaired) electrons. The number of hydrogen-bond acceptors (Lipinski definition) is 3. The minimum absolute atomic E-state index is 0.172. The summed E-state index contributed by atoms with van der Waals surface area (Å²) in [7, 11) is 0. The molecule has 1 amide bonds. The molecule has 0 aliphatic carbocycles. The highest BCUT2D eigenvalue weighted by molar-refractivity contribution is 7.81. The van der Waals surface area contributed by atoms with Crippen LogP contribution in [0.3, 0.4) is 0 Å². The van der Waals surface area contributed by atoms with Gasteiger partial charge in [0.2, 0.25) is 5.91 Å². The van der Waals surface area contributed by atoms with E-state index in [0.717, 1.165) is 23.1 Å². The number of pyridine rings is 1. The molecule has 1 unspecified atom stereocenters. The Morgan fingerprint density at radius 3 is 3.24 bits per heavy atom. The summed E-state index contributed by atoms with van der Waals surface area (Å²) < 4.78 is 0. The molecule has 88 valence electrons. The van der Waals surface area contributed by atoms with Crippen LogP contribution < -0.4 is 0 Å². The molecule has 0 spiro atoms. The Bertz CT molecular complexity index is 566. The van der Waals surface area contributed by atoms with E-state index in [1.54, 1.807) is 6.20 Å². The molecule has 4 nitrogen and oxygen atoms in total. The second-order valence-electron chi connectivity index (χ2n) is 4.35. The molecule has 0 saturated carbocycles. The van der Waals surface area contributed by atoms with E-state index in [-0.39, 0.29) is 11.2 Å². The molecule has 5 heteroatoms. The second-order valence-corrected chi connectivity index (χ2v) is 5.08. The summed E-state index contributed by atoms with van der Waals surface area (Å²) in [5.74, 6) is 0.184. The third-order valence-electron chi connectivity index (χ3n) is 3.09. The van der Waals surface area contributed by atoms with Crippen molar-refractivity contribution in [1.29, 1.82) is 0 Å². The smallest absolute Gasteiger partial charge is 0.224 e. The molecule has 2 aromatic heterocycles. The molecule has 1 aliphatic heterocycles. The molecule has 1 atom stereocenters. The second kappa shape index (κ2) is 4.07. The number of aromatic amines is 1. The van der Waals surface area contributed by atoms with Crippen LogP contribution in [0.2, 0.25) is 0 Å². The van der Waals surface area contributed by atoms with Gasteiger partial charge in [0.05, 0.1) is 0 Å². The van der Waals surface area contributed by atoms with Crippen molar-refractivity contribution in [2.45, 2.75) is 18.2 Å². The van der Waals surface area contributed by atoms with Gasteiger partial charge in [-0.25, -0.2) is 4.98 Å². The van der Waals surface area contributed by atoms with Gasteiger partial charge in [0, 0.05) is 42.5 Å². The van der Waals surface area contributed by atoms with Gasteiger partial charge in [-0.3, -0.25) is 4.79 Å². The molecule has 3 heterocycles. The molecule has 1 fully saturated rings. The van der Waals surface area contributed by atoms with Crippen molar-refractivity contribution in [2.75, 3.05) is 6.54 Å². The van der Waals surface area contributed by atoms with Crippen LogP contribution in [0.4, 0.5) is 0 Å². The van der Waals surface area contributed by atoms with Crippen molar-refractivity contribution in [2.24, 2.45) is 0 Å². The van der Waals surface area contributed by atoms with Crippen LogP contribution >= 0.6 is 12.6 Å². The highest BCUT2D eigenvalue weighted by atomic mass is 32.1. The van der Waals surface area contributed by atoms with Crippen LogP contribution in [0.15, 0.2) is 24.5 Å². The first-order chi connectivity index (χ1) is 8.24.